The van der Waals surface area contributed by atoms with Crippen molar-refractivity contribution in [2.24, 2.45) is 11.8 Å². The summed E-state index contributed by atoms with van der Waals surface area (Å²) in [5, 5.41) is 2.29. The average Bonchev–Trinajstić information content (AvgIpc) is 3.86. The monoisotopic (exact) mass is 720 g/mol. The lowest BCUT2D eigenvalue weighted by molar-refractivity contribution is -0.106. The van der Waals surface area contributed by atoms with Crippen LogP contribution in [0.1, 0.15) is 150 Å². The fraction of sp³-hybridized carbons (Fsp3) is 0.571. The lowest BCUT2D eigenvalue weighted by atomic mass is 9.92. The highest BCUT2D eigenvalue weighted by atomic mass is 32.2. The Bertz CT molecular complexity index is 1520. The number of hydrogen-bond acceptors (Lipinski definition) is 6. The Kier molecular flexibility index (Phi) is 15.0. The van der Waals surface area contributed by atoms with Crippen LogP contribution in [0, 0.1) is 11.8 Å². The van der Waals surface area contributed by atoms with E-state index in [0.717, 1.165) is 65.8 Å². The van der Waals surface area contributed by atoms with E-state index in [-0.39, 0.29) is 10.2 Å². The van der Waals surface area contributed by atoms with Crippen molar-refractivity contribution in [3.8, 4) is 0 Å². The molecule has 0 saturated carbocycles. The Morgan fingerprint density at radius 3 is 1.29 bits per heavy atom. The van der Waals surface area contributed by atoms with Crippen molar-refractivity contribution in [1.29, 1.82) is 0 Å². The quantitative estimate of drug-likeness (QED) is 0.0968. The highest BCUT2D eigenvalue weighted by molar-refractivity contribution is 8.15. The molecule has 2 aromatic heterocycles. The van der Waals surface area contributed by atoms with Crippen LogP contribution in [0.2, 0.25) is 0 Å². The van der Waals surface area contributed by atoms with E-state index < -0.39 is 0 Å². The predicted molar refractivity (Wildman–Crippen MR) is 212 cm³/mol. The maximum atomic E-state index is 13.5. The summed E-state index contributed by atoms with van der Waals surface area (Å²) in [6.07, 6.45) is 23.1. The molecule has 2 nitrogen and oxygen atoms in total. The maximum absolute atomic E-state index is 13.5. The van der Waals surface area contributed by atoms with Gasteiger partial charge in [-0.2, -0.15) is 0 Å². The van der Waals surface area contributed by atoms with E-state index in [1.165, 1.54) is 136 Å². The zero-order chi connectivity index (χ0) is 33.9. The minimum atomic E-state index is 0.137. The van der Waals surface area contributed by atoms with Gasteiger partial charge in [0.2, 0.25) is 10.2 Å². The number of thioether (sulfide) groups is 2. The van der Waals surface area contributed by atoms with Crippen molar-refractivity contribution in [2.45, 2.75) is 153 Å². The molecule has 0 aliphatic carbocycles. The first-order valence-corrected chi connectivity index (χ1v) is 22.3. The molecule has 6 heteroatoms. The molecule has 2 aliphatic heterocycles. The standard InChI is InChI=1S/C42H56O2S4/c1-5-9-13-15-19-29(17-11-7-3)25-31-21-23-35(45-31)39-33-27-38-34(28-37(33)47-41(39)43)40(42(44)48-38)36-24-22-32(46-36)26-30(18-12-8-4)20-16-14-10-6-2/h21-24,27-30H,5-20,25-26H2,1-4H3. The van der Waals surface area contributed by atoms with Gasteiger partial charge >= 0.3 is 0 Å². The summed E-state index contributed by atoms with van der Waals surface area (Å²) in [4.78, 5) is 33.9. The van der Waals surface area contributed by atoms with E-state index in [1.54, 1.807) is 22.7 Å². The molecular weight excluding hydrogens is 665 g/mol. The van der Waals surface area contributed by atoms with Crippen LogP contribution in [0.15, 0.2) is 46.2 Å². The van der Waals surface area contributed by atoms with Gasteiger partial charge in [-0.25, -0.2) is 0 Å². The fourth-order valence-electron chi connectivity index (χ4n) is 7.32. The summed E-state index contributed by atoms with van der Waals surface area (Å²) in [6.45, 7) is 9.14. The molecule has 0 N–H and O–H groups in total. The van der Waals surface area contributed by atoms with Gasteiger partial charge in [-0.15, -0.1) is 22.7 Å². The molecule has 4 heterocycles. The summed E-state index contributed by atoms with van der Waals surface area (Å²) in [7, 11) is 0. The summed E-state index contributed by atoms with van der Waals surface area (Å²) in [5.41, 5.74) is 1.66. The number of benzene rings is 1. The number of fused-ring (bicyclic) bond motifs is 2. The van der Waals surface area contributed by atoms with Crippen LogP contribution in [0.5, 0.6) is 0 Å². The number of carbonyl (C=O) groups is 2. The van der Waals surface area contributed by atoms with Gasteiger partial charge in [-0.05, 0) is 84.6 Å². The van der Waals surface area contributed by atoms with Crippen LogP contribution in [0.25, 0.3) is 11.1 Å². The zero-order valence-corrected chi connectivity index (χ0v) is 33.1. The summed E-state index contributed by atoms with van der Waals surface area (Å²) in [5.74, 6) is 1.45. The zero-order valence-electron chi connectivity index (χ0n) is 29.8. The molecule has 0 radical (unpaired) electrons. The van der Waals surface area contributed by atoms with Crippen molar-refractivity contribution in [1.82, 2.24) is 0 Å². The van der Waals surface area contributed by atoms with Crippen LogP contribution in [0.3, 0.4) is 0 Å². The third-order valence-electron chi connectivity index (χ3n) is 10.1. The van der Waals surface area contributed by atoms with Crippen molar-refractivity contribution >= 4 is 67.6 Å². The number of unbranched alkanes of at least 4 members (excludes halogenated alkanes) is 8. The Hall–Kier alpha value is -1.60. The number of hydrogen-bond donors (Lipinski definition) is 0. The van der Waals surface area contributed by atoms with Gasteiger partial charge in [0.15, 0.2) is 0 Å². The summed E-state index contributed by atoms with van der Waals surface area (Å²) >= 11 is 6.29. The Balaban J connectivity index is 1.37. The van der Waals surface area contributed by atoms with Gasteiger partial charge in [0.1, 0.15) is 0 Å². The SMILES string of the molecule is CCCCCCC(CCCC)Cc1ccc(C2=c3cc4c(cc3SC2=O)=C(c2ccc(CC(CCCC)CCCCCC)s2)C(=O)S4)s1. The van der Waals surface area contributed by atoms with Crippen LogP contribution in [0.4, 0.5) is 0 Å². The molecule has 260 valence electrons. The highest BCUT2D eigenvalue weighted by Crippen LogP contribution is 2.39. The molecule has 0 amide bonds. The van der Waals surface area contributed by atoms with Crippen molar-refractivity contribution in [2.75, 3.05) is 0 Å². The minimum absolute atomic E-state index is 0.137. The van der Waals surface area contributed by atoms with Crippen LogP contribution >= 0.6 is 46.2 Å². The number of thiophene rings is 2. The molecule has 2 atom stereocenters. The lowest BCUT2D eigenvalue weighted by Crippen LogP contribution is -2.14. The first kappa shape index (κ1) is 37.7. The van der Waals surface area contributed by atoms with Gasteiger partial charge in [0.25, 0.3) is 0 Å². The molecule has 0 bridgehead atoms. The summed E-state index contributed by atoms with van der Waals surface area (Å²) < 4.78 is 0. The van der Waals surface area contributed by atoms with Gasteiger partial charge in [-0.1, -0.05) is 130 Å². The van der Waals surface area contributed by atoms with E-state index in [2.05, 4.69) is 64.1 Å². The summed E-state index contributed by atoms with van der Waals surface area (Å²) in [6, 6.07) is 13.1. The van der Waals surface area contributed by atoms with Crippen molar-refractivity contribution in [3.05, 3.63) is 66.3 Å². The Labute approximate surface area is 306 Å². The van der Waals surface area contributed by atoms with Crippen LogP contribution in [-0.4, -0.2) is 10.2 Å². The number of carbonyl (C=O) groups excluding carboxylic acids is 2. The van der Waals surface area contributed by atoms with Gasteiger partial charge in [0, 0.05) is 39.7 Å². The first-order valence-electron chi connectivity index (χ1n) is 19.0. The van der Waals surface area contributed by atoms with Crippen molar-refractivity contribution in [3.63, 3.8) is 0 Å². The number of rotatable bonds is 22. The maximum Gasteiger partial charge on any atom is 0.226 e. The van der Waals surface area contributed by atoms with E-state index in [4.69, 9.17) is 0 Å². The van der Waals surface area contributed by atoms with Crippen LogP contribution in [-0.2, 0) is 22.4 Å². The molecule has 1 aromatic carbocycles. The fourth-order valence-corrected chi connectivity index (χ4v) is 11.7. The molecule has 0 fully saturated rings. The van der Waals surface area contributed by atoms with Crippen LogP contribution < -0.4 is 10.4 Å². The molecule has 48 heavy (non-hydrogen) atoms. The molecule has 3 aromatic rings. The smallest absolute Gasteiger partial charge is 0.226 e. The average molecular weight is 721 g/mol. The first-order chi connectivity index (χ1) is 23.4. The minimum Gasteiger partial charge on any atom is -0.281 e. The van der Waals surface area contributed by atoms with Gasteiger partial charge < -0.3 is 0 Å². The second-order valence-corrected chi connectivity index (χ2v) is 18.4. The lowest BCUT2D eigenvalue weighted by Gasteiger charge is -2.15. The molecule has 2 aliphatic rings. The van der Waals surface area contributed by atoms with Gasteiger partial charge in [0.05, 0.1) is 11.1 Å². The Morgan fingerprint density at radius 2 is 0.896 bits per heavy atom. The van der Waals surface area contributed by atoms with E-state index in [1.807, 2.05) is 0 Å². The second kappa shape index (κ2) is 19.1. The van der Waals surface area contributed by atoms with E-state index >= 15 is 0 Å². The van der Waals surface area contributed by atoms with E-state index in [9.17, 15) is 9.59 Å². The van der Waals surface area contributed by atoms with Gasteiger partial charge in [-0.3, -0.25) is 9.59 Å². The molecule has 0 spiro atoms. The molecule has 2 unspecified atom stereocenters. The third-order valence-corrected chi connectivity index (χ3v) is 14.2. The molecule has 0 saturated heterocycles. The predicted octanol–water partition coefficient (Wildman–Crippen LogP) is 12.1. The third kappa shape index (κ3) is 9.80. The van der Waals surface area contributed by atoms with E-state index in [0.29, 0.717) is 0 Å². The largest absolute Gasteiger partial charge is 0.281 e. The molecule has 5 rings (SSSR count). The highest BCUT2D eigenvalue weighted by Gasteiger charge is 2.30. The molecular formula is C42H56O2S4. The second-order valence-electron chi connectivity index (χ2n) is 14.0. The Morgan fingerprint density at radius 1 is 0.500 bits per heavy atom. The topological polar surface area (TPSA) is 34.1 Å². The normalized spacial score (nSPS) is 15.4. The van der Waals surface area contributed by atoms with Crippen molar-refractivity contribution < 1.29 is 9.59 Å².